The third-order valence-corrected chi connectivity index (χ3v) is 2.87. The molecule has 0 bridgehead atoms. The second-order valence-corrected chi connectivity index (χ2v) is 4.41. The van der Waals surface area contributed by atoms with Gasteiger partial charge < -0.3 is 5.32 Å². The minimum Gasteiger partial charge on any atom is -0.381 e. The number of nitrogens with one attached hydrogen (secondary N) is 1. The van der Waals surface area contributed by atoms with Crippen LogP contribution in [0.25, 0.3) is 0 Å². The lowest BCUT2D eigenvalue weighted by atomic mass is 10.1. The Morgan fingerprint density at radius 1 is 1.00 bits per heavy atom. The number of hydrogen-bond acceptors (Lipinski definition) is 1. The van der Waals surface area contributed by atoms with Crippen LogP contribution >= 0.6 is 0 Å². The van der Waals surface area contributed by atoms with E-state index in [-0.39, 0.29) is 11.6 Å². The Kier molecular flexibility index (Phi) is 3.60. The molecule has 2 aromatic carbocycles. The molecule has 18 heavy (non-hydrogen) atoms. The lowest BCUT2D eigenvalue weighted by Gasteiger charge is -2.10. The fourth-order valence-corrected chi connectivity index (χ4v) is 1.81. The number of aryl methyl sites for hydroxylation is 2. The molecule has 3 heteroatoms. The van der Waals surface area contributed by atoms with E-state index >= 15 is 0 Å². The molecule has 1 N–H and O–H groups in total. The first-order valence-electron chi connectivity index (χ1n) is 5.81. The van der Waals surface area contributed by atoms with Crippen molar-refractivity contribution in [3.05, 3.63) is 64.7 Å². The molecule has 0 aliphatic heterocycles. The minimum absolute atomic E-state index is 0.248. The maximum Gasteiger partial charge on any atom is 0.128 e. The molecule has 0 saturated carbocycles. The summed E-state index contributed by atoms with van der Waals surface area (Å²) in [7, 11) is 0. The molecule has 0 aromatic heterocycles. The molecule has 94 valence electrons. The highest BCUT2D eigenvalue weighted by atomic mass is 19.1. The molecule has 0 amide bonds. The van der Waals surface area contributed by atoms with E-state index in [1.165, 1.54) is 18.2 Å². The van der Waals surface area contributed by atoms with Gasteiger partial charge >= 0.3 is 0 Å². The molecule has 0 heterocycles. The van der Waals surface area contributed by atoms with Gasteiger partial charge in [-0.3, -0.25) is 0 Å². The van der Waals surface area contributed by atoms with Gasteiger partial charge in [-0.2, -0.15) is 0 Å². The quantitative estimate of drug-likeness (QED) is 0.857. The number of halogens is 2. The third-order valence-electron chi connectivity index (χ3n) is 2.87. The minimum atomic E-state index is -0.298. The number of anilines is 1. The van der Waals surface area contributed by atoms with Crippen LogP contribution in [0.2, 0.25) is 0 Å². The fourth-order valence-electron chi connectivity index (χ4n) is 1.81. The molecule has 0 aliphatic rings. The summed E-state index contributed by atoms with van der Waals surface area (Å²) in [4.78, 5) is 0. The molecule has 2 aromatic rings. The van der Waals surface area contributed by atoms with Gasteiger partial charge in [0, 0.05) is 17.8 Å². The molecule has 2 rings (SSSR count). The summed E-state index contributed by atoms with van der Waals surface area (Å²) in [5, 5.41) is 3.06. The summed E-state index contributed by atoms with van der Waals surface area (Å²) in [5.41, 5.74) is 3.21. The van der Waals surface area contributed by atoms with Gasteiger partial charge in [0.2, 0.25) is 0 Å². The normalized spacial score (nSPS) is 10.4. The van der Waals surface area contributed by atoms with Gasteiger partial charge in [0.25, 0.3) is 0 Å². The summed E-state index contributed by atoms with van der Waals surface area (Å²) in [6, 6.07) is 9.50. The number of benzene rings is 2. The Labute approximate surface area is 105 Å². The average Bonchev–Trinajstić information content (AvgIpc) is 2.34. The Hall–Kier alpha value is -1.90. The molecule has 0 atom stereocenters. The zero-order valence-corrected chi connectivity index (χ0v) is 10.4. The lowest BCUT2D eigenvalue weighted by Crippen LogP contribution is -2.03. The largest absolute Gasteiger partial charge is 0.381 e. The summed E-state index contributed by atoms with van der Waals surface area (Å²) in [6.45, 7) is 4.14. The predicted molar refractivity (Wildman–Crippen MR) is 69.6 cm³/mol. The average molecular weight is 247 g/mol. The van der Waals surface area contributed by atoms with Crippen LogP contribution in [0.4, 0.5) is 14.5 Å². The molecular weight excluding hydrogens is 232 g/mol. The van der Waals surface area contributed by atoms with Crippen molar-refractivity contribution in [1.82, 2.24) is 0 Å². The molecular formula is C15H15F2N. The second-order valence-electron chi connectivity index (χ2n) is 4.41. The molecule has 0 spiro atoms. The van der Waals surface area contributed by atoms with Gasteiger partial charge in [-0.1, -0.05) is 23.8 Å². The Balaban J connectivity index is 2.16. The van der Waals surface area contributed by atoms with Crippen LogP contribution in [0.3, 0.4) is 0 Å². The zero-order chi connectivity index (χ0) is 13.1. The van der Waals surface area contributed by atoms with Crippen LogP contribution in [0.1, 0.15) is 16.7 Å². The molecule has 0 saturated heterocycles. The van der Waals surface area contributed by atoms with Crippen LogP contribution in [0.15, 0.2) is 36.4 Å². The summed E-state index contributed by atoms with van der Waals surface area (Å²) >= 11 is 0. The lowest BCUT2D eigenvalue weighted by molar-refractivity contribution is 0.612. The van der Waals surface area contributed by atoms with Crippen LogP contribution in [0, 0.1) is 25.5 Å². The first-order chi connectivity index (χ1) is 8.56. The Bertz CT molecular complexity index is 513. The fraction of sp³-hybridized carbons (Fsp3) is 0.200. The summed E-state index contributed by atoms with van der Waals surface area (Å²) < 4.78 is 26.6. The second kappa shape index (κ2) is 5.17. The number of rotatable bonds is 3. The van der Waals surface area contributed by atoms with Crippen molar-refractivity contribution in [2.24, 2.45) is 0 Å². The van der Waals surface area contributed by atoms with Crippen molar-refractivity contribution in [1.29, 1.82) is 0 Å². The van der Waals surface area contributed by atoms with Gasteiger partial charge in [-0.25, -0.2) is 8.78 Å². The molecule has 1 nitrogen and oxygen atoms in total. The zero-order valence-electron chi connectivity index (χ0n) is 10.4. The van der Waals surface area contributed by atoms with Crippen molar-refractivity contribution >= 4 is 5.69 Å². The maximum atomic E-state index is 13.5. The van der Waals surface area contributed by atoms with Crippen LogP contribution < -0.4 is 5.32 Å². The molecule has 0 fully saturated rings. The molecule has 0 radical (unpaired) electrons. The van der Waals surface area contributed by atoms with Crippen LogP contribution in [-0.4, -0.2) is 0 Å². The smallest absolute Gasteiger partial charge is 0.128 e. The standard InChI is InChI=1S/C15H15F2N/c1-10-3-6-14(17)12(7-10)9-18-15-8-13(16)5-4-11(15)2/h3-8,18H,9H2,1-2H3. The van der Waals surface area contributed by atoms with Crippen molar-refractivity contribution in [2.45, 2.75) is 20.4 Å². The van der Waals surface area contributed by atoms with E-state index in [1.54, 1.807) is 18.2 Å². The van der Waals surface area contributed by atoms with Crippen molar-refractivity contribution in [2.75, 3.05) is 5.32 Å². The maximum absolute atomic E-state index is 13.5. The first-order valence-corrected chi connectivity index (χ1v) is 5.81. The van der Waals surface area contributed by atoms with E-state index in [9.17, 15) is 8.78 Å². The first kappa shape index (κ1) is 12.6. The highest BCUT2D eigenvalue weighted by Gasteiger charge is 2.04. The SMILES string of the molecule is Cc1ccc(F)c(CNc2cc(F)ccc2C)c1. The van der Waals surface area contributed by atoms with Gasteiger partial charge in [0.15, 0.2) is 0 Å². The van der Waals surface area contributed by atoms with Gasteiger partial charge in [-0.15, -0.1) is 0 Å². The molecule has 0 unspecified atom stereocenters. The van der Waals surface area contributed by atoms with Gasteiger partial charge in [-0.05, 0) is 37.6 Å². The topological polar surface area (TPSA) is 12.0 Å². The van der Waals surface area contributed by atoms with E-state index in [1.807, 2.05) is 13.8 Å². The highest BCUT2D eigenvalue weighted by Crippen LogP contribution is 2.18. The van der Waals surface area contributed by atoms with E-state index in [0.717, 1.165) is 11.1 Å². The number of hydrogen-bond donors (Lipinski definition) is 1. The predicted octanol–water partition coefficient (Wildman–Crippen LogP) is 4.19. The summed E-state index contributed by atoms with van der Waals surface area (Å²) in [5.74, 6) is -0.546. The Morgan fingerprint density at radius 3 is 2.56 bits per heavy atom. The van der Waals surface area contributed by atoms with E-state index in [4.69, 9.17) is 0 Å². The van der Waals surface area contributed by atoms with Crippen molar-refractivity contribution in [3.63, 3.8) is 0 Å². The highest BCUT2D eigenvalue weighted by molar-refractivity contribution is 5.51. The van der Waals surface area contributed by atoms with E-state index in [2.05, 4.69) is 5.32 Å². The van der Waals surface area contributed by atoms with Crippen molar-refractivity contribution in [3.8, 4) is 0 Å². The van der Waals surface area contributed by atoms with Gasteiger partial charge in [0.05, 0.1) is 0 Å². The van der Waals surface area contributed by atoms with Crippen LogP contribution in [-0.2, 0) is 6.54 Å². The van der Waals surface area contributed by atoms with E-state index in [0.29, 0.717) is 17.8 Å². The summed E-state index contributed by atoms with van der Waals surface area (Å²) in [6.07, 6.45) is 0. The van der Waals surface area contributed by atoms with Gasteiger partial charge in [0.1, 0.15) is 11.6 Å². The van der Waals surface area contributed by atoms with Crippen molar-refractivity contribution < 1.29 is 8.78 Å². The molecule has 0 aliphatic carbocycles. The van der Waals surface area contributed by atoms with E-state index < -0.39 is 0 Å². The Morgan fingerprint density at radius 2 is 1.78 bits per heavy atom. The van der Waals surface area contributed by atoms with Crippen LogP contribution in [0.5, 0.6) is 0 Å². The monoisotopic (exact) mass is 247 g/mol. The third kappa shape index (κ3) is 2.86.